The highest BCUT2D eigenvalue weighted by Gasteiger charge is 2.17. The summed E-state index contributed by atoms with van der Waals surface area (Å²) in [6.45, 7) is 3.30. The van der Waals surface area contributed by atoms with Crippen LogP contribution < -0.4 is 4.72 Å². The van der Waals surface area contributed by atoms with Crippen molar-refractivity contribution in [3.05, 3.63) is 41.4 Å². The maximum absolute atomic E-state index is 11.5. The molecule has 0 saturated carbocycles. The van der Waals surface area contributed by atoms with Gasteiger partial charge in [0.25, 0.3) is 0 Å². The SMILES string of the molecule is C=CCS(=O)(=O)Nc1c(Cl)cccc1C(=O)O. The number of hydrogen-bond donors (Lipinski definition) is 2. The summed E-state index contributed by atoms with van der Waals surface area (Å²) in [7, 11) is -3.68. The van der Waals surface area contributed by atoms with E-state index in [1.54, 1.807) is 0 Å². The van der Waals surface area contributed by atoms with Gasteiger partial charge in [-0.15, -0.1) is 6.58 Å². The van der Waals surface area contributed by atoms with Crippen molar-refractivity contribution in [2.24, 2.45) is 0 Å². The summed E-state index contributed by atoms with van der Waals surface area (Å²) in [4.78, 5) is 10.9. The van der Waals surface area contributed by atoms with E-state index in [4.69, 9.17) is 16.7 Å². The monoisotopic (exact) mass is 275 g/mol. The summed E-state index contributed by atoms with van der Waals surface area (Å²) >= 11 is 5.76. The third-order valence-corrected chi connectivity index (χ3v) is 3.34. The maximum Gasteiger partial charge on any atom is 0.337 e. The molecule has 0 atom stereocenters. The van der Waals surface area contributed by atoms with Gasteiger partial charge in [0, 0.05) is 0 Å². The van der Waals surface area contributed by atoms with E-state index in [-0.39, 0.29) is 22.0 Å². The van der Waals surface area contributed by atoms with Crippen LogP contribution in [0.3, 0.4) is 0 Å². The normalized spacial score (nSPS) is 10.9. The van der Waals surface area contributed by atoms with Crippen molar-refractivity contribution >= 4 is 33.3 Å². The summed E-state index contributed by atoms with van der Waals surface area (Å²) in [5, 5.41) is 8.93. The second kappa shape index (κ2) is 5.20. The second-order valence-corrected chi connectivity index (χ2v) is 5.31. The van der Waals surface area contributed by atoms with E-state index in [0.29, 0.717) is 0 Å². The van der Waals surface area contributed by atoms with Crippen LogP contribution in [0.2, 0.25) is 5.02 Å². The maximum atomic E-state index is 11.5. The average molecular weight is 276 g/mol. The van der Waals surface area contributed by atoms with E-state index >= 15 is 0 Å². The number of hydrogen-bond acceptors (Lipinski definition) is 3. The molecule has 0 aromatic heterocycles. The van der Waals surface area contributed by atoms with Gasteiger partial charge in [-0.25, -0.2) is 13.2 Å². The van der Waals surface area contributed by atoms with Gasteiger partial charge >= 0.3 is 5.97 Å². The van der Waals surface area contributed by atoms with E-state index in [1.807, 2.05) is 0 Å². The van der Waals surface area contributed by atoms with Crippen molar-refractivity contribution in [1.29, 1.82) is 0 Å². The molecule has 0 spiro atoms. The van der Waals surface area contributed by atoms with Gasteiger partial charge in [-0.05, 0) is 12.1 Å². The molecule has 0 unspecified atom stereocenters. The molecule has 1 rings (SSSR count). The van der Waals surface area contributed by atoms with Crippen LogP contribution in [-0.4, -0.2) is 25.2 Å². The summed E-state index contributed by atoms with van der Waals surface area (Å²) in [6, 6.07) is 4.09. The van der Waals surface area contributed by atoms with Gasteiger partial charge < -0.3 is 5.11 Å². The number of anilines is 1. The van der Waals surface area contributed by atoms with Crippen LogP contribution in [0.25, 0.3) is 0 Å². The topological polar surface area (TPSA) is 83.5 Å². The van der Waals surface area contributed by atoms with Crippen LogP contribution in [0.15, 0.2) is 30.9 Å². The highest BCUT2D eigenvalue weighted by atomic mass is 35.5. The van der Waals surface area contributed by atoms with Crippen LogP contribution in [0.4, 0.5) is 5.69 Å². The molecule has 1 aromatic rings. The lowest BCUT2D eigenvalue weighted by molar-refractivity contribution is 0.0698. The number of para-hydroxylation sites is 1. The van der Waals surface area contributed by atoms with Crippen molar-refractivity contribution < 1.29 is 18.3 Å². The molecule has 0 amide bonds. The highest BCUT2D eigenvalue weighted by Crippen LogP contribution is 2.27. The predicted octanol–water partition coefficient (Wildman–Crippen LogP) is 1.97. The van der Waals surface area contributed by atoms with E-state index in [1.165, 1.54) is 24.3 Å². The Morgan fingerprint density at radius 1 is 1.53 bits per heavy atom. The predicted molar refractivity (Wildman–Crippen MR) is 66.0 cm³/mol. The number of sulfonamides is 1. The van der Waals surface area contributed by atoms with Crippen LogP contribution in [0, 0.1) is 0 Å². The third kappa shape index (κ3) is 3.47. The van der Waals surface area contributed by atoms with Crippen molar-refractivity contribution in [2.45, 2.75) is 0 Å². The highest BCUT2D eigenvalue weighted by molar-refractivity contribution is 7.92. The number of aromatic carboxylic acids is 1. The summed E-state index contributed by atoms with van der Waals surface area (Å²) in [6.07, 6.45) is 1.19. The van der Waals surface area contributed by atoms with Gasteiger partial charge in [0.05, 0.1) is 22.0 Å². The van der Waals surface area contributed by atoms with Gasteiger partial charge in [-0.2, -0.15) is 0 Å². The van der Waals surface area contributed by atoms with Crippen LogP contribution >= 0.6 is 11.6 Å². The van der Waals surface area contributed by atoms with Crippen molar-refractivity contribution in [3.8, 4) is 0 Å². The van der Waals surface area contributed by atoms with Crippen molar-refractivity contribution in [1.82, 2.24) is 0 Å². The molecule has 5 nitrogen and oxygen atoms in total. The average Bonchev–Trinajstić information content (AvgIpc) is 2.20. The molecule has 0 fully saturated rings. The number of nitrogens with one attached hydrogen (secondary N) is 1. The number of carboxylic acids is 1. The number of benzene rings is 1. The van der Waals surface area contributed by atoms with Gasteiger partial charge in [0.2, 0.25) is 10.0 Å². The molecule has 7 heteroatoms. The Kier molecular flexibility index (Phi) is 4.14. The first-order valence-electron chi connectivity index (χ1n) is 4.50. The molecular formula is C10H10ClNO4S. The lowest BCUT2D eigenvalue weighted by atomic mass is 10.2. The molecule has 0 heterocycles. The summed E-state index contributed by atoms with van der Waals surface area (Å²) in [5.41, 5.74) is -0.339. The molecule has 17 heavy (non-hydrogen) atoms. The summed E-state index contributed by atoms with van der Waals surface area (Å²) < 4.78 is 25.1. The lowest BCUT2D eigenvalue weighted by Gasteiger charge is -2.10. The minimum atomic E-state index is -3.68. The number of carbonyl (C=O) groups is 1. The fraction of sp³-hybridized carbons (Fsp3) is 0.100. The molecule has 2 N–H and O–H groups in total. The van der Waals surface area contributed by atoms with E-state index in [0.717, 1.165) is 0 Å². The molecule has 1 aromatic carbocycles. The van der Waals surface area contributed by atoms with Gasteiger partial charge in [-0.1, -0.05) is 23.7 Å². The van der Waals surface area contributed by atoms with E-state index in [2.05, 4.69) is 11.3 Å². The lowest BCUT2D eigenvalue weighted by Crippen LogP contribution is -2.17. The molecule has 0 saturated heterocycles. The van der Waals surface area contributed by atoms with E-state index < -0.39 is 16.0 Å². The Bertz CT molecular complexity index is 553. The van der Waals surface area contributed by atoms with Crippen molar-refractivity contribution in [3.63, 3.8) is 0 Å². The Morgan fingerprint density at radius 3 is 2.71 bits per heavy atom. The zero-order chi connectivity index (χ0) is 13.1. The quantitative estimate of drug-likeness (QED) is 0.805. The van der Waals surface area contributed by atoms with Crippen LogP contribution in [0.1, 0.15) is 10.4 Å². The Labute approximate surface area is 104 Å². The molecular weight excluding hydrogens is 266 g/mol. The second-order valence-electron chi connectivity index (χ2n) is 3.14. The molecule has 0 aliphatic carbocycles. The largest absolute Gasteiger partial charge is 0.478 e. The minimum Gasteiger partial charge on any atom is -0.478 e. The minimum absolute atomic E-state index is 0.0255. The number of halogens is 1. The summed E-state index contributed by atoms with van der Waals surface area (Å²) in [5.74, 6) is -1.58. The molecule has 0 aliphatic heterocycles. The third-order valence-electron chi connectivity index (χ3n) is 1.84. The van der Waals surface area contributed by atoms with Gasteiger partial charge in [0.1, 0.15) is 0 Å². The van der Waals surface area contributed by atoms with Gasteiger partial charge in [0.15, 0.2) is 0 Å². The standard InChI is InChI=1S/C10H10ClNO4S/c1-2-6-17(15,16)12-9-7(10(13)14)4-3-5-8(9)11/h2-5,12H,1,6H2,(H,13,14). The Morgan fingerprint density at radius 2 is 2.18 bits per heavy atom. The first kappa shape index (κ1) is 13.5. The first-order valence-corrected chi connectivity index (χ1v) is 6.53. The number of carboxylic acid groups (broad SMARTS) is 1. The molecule has 0 bridgehead atoms. The Balaban J connectivity index is 3.22. The van der Waals surface area contributed by atoms with Gasteiger partial charge in [-0.3, -0.25) is 4.72 Å². The molecule has 0 aliphatic rings. The zero-order valence-corrected chi connectivity index (χ0v) is 10.3. The Hall–Kier alpha value is -1.53. The van der Waals surface area contributed by atoms with E-state index in [9.17, 15) is 13.2 Å². The molecule has 92 valence electrons. The van der Waals surface area contributed by atoms with Crippen LogP contribution in [-0.2, 0) is 10.0 Å². The van der Waals surface area contributed by atoms with Crippen LogP contribution in [0.5, 0.6) is 0 Å². The smallest absolute Gasteiger partial charge is 0.337 e. The first-order chi connectivity index (χ1) is 7.87. The molecule has 0 radical (unpaired) electrons. The van der Waals surface area contributed by atoms with Crippen molar-refractivity contribution in [2.75, 3.05) is 10.5 Å². The zero-order valence-electron chi connectivity index (χ0n) is 8.68. The number of rotatable bonds is 5. The fourth-order valence-corrected chi connectivity index (χ4v) is 2.36. The fourth-order valence-electron chi connectivity index (χ4n) is 1.16.